The summed E-state index contributed by atoms with van der Waals surface area (Å²) in [5.74, 6) is -0.687. The number of aromatic nitrogens is 1. The van der Waals surface area contributed by atoms with E-state index in [9.17, 15) is 22.7 Å². The summed E-state index contributed by atoms with van der Waals surface area (Å²) in [6.45, 7) is 0.642. The predicted molar refractivity (Wildman–Crippen MR) is 91.8 cm³/mol. The van der Waals surface area contributed by atoms with Crippen LogP contribution in [0.5, 0.6) is 0 Å². The van der Waals surface area contributed by atoms with E-state index in [0.717, 1.165) is 6.20 Å². The third-order valence-electron chi connectivity index (χ3n) is 5.29. The zero-order chi connectivity index (χ0) is 18.5. The Kier molecular flexibility index (Phi) is 4.07. The molecule has 0 aliphatic carbocycles. The van der Waals surface area contributed by atoms with Gasteiger partial charge in [-0.2, -0.15) is 4.31 Å². The minimum atomic E-state index is -3.96. The summed E-state index contributed by atoms with van der Waals surface area (Å²) < 4.78 is 42.3. The minimum absolute atomic E-state index is 0.0249. The Bertz CT molecular complexity index is 976. The molecule has 7 nitrogen and oxygen atoms in total. The lowest BCUT2D eigenvalue weighted by Gasteiger charge is -2.37. The summed E-state index contributed by atoms with van der Waals surface area (Å²) in [6, 6.07) is 3.81. The van der Waals surface area contributed by atoms with Gasteiger partial charge in [0.05, 0.1) is 17.1 Å². The van der Waals surface area contributed by atoms with Crippen LogP contribution in [0.4, 0.5) is 9.18 Å². The Hall–Kier alpha value is -2.26. The zero-order valence-electron chi connectivity index (χ0n) is 13.9. The first-order valence-electron chi connectivity index (χ1n) is 8.45. The number of carboxylic acid groups (broad SMARTS) is 1. The number of piperidine rings is 1. The van der Waals surface area contributed by atoms with Crippen LogP contribution < -0.4 is 0 Å². The molecule has 4 rings (SSSR count). The maximum absolute atomic E-state index is 14.3. The first-order valence-corrected chi connectivity index (χ1v) is 9.89. The average Bonchev–Trinajstić information content (AvgIpc) is 3.06. The third-order valence-corrected chi connectivity index (χ3v) is 7.26. The fourth-order valence-electron chi connectivity index (χ4n) is 4.18. The quantitative estimate of drug-likeness (QED) is 0.864. The third kappa shape index (κ3) is 2.53. The number of carbonyl (C=O) groups is 1. The maximum Gasteiger partial charge on any atom is 0.407 e. The lowest BCUT2D eigenvalue weighted by molar-refractivity contribution is 0.0944. The highest BCUT2D eigenvalue weighted by atomic mass is 32.2. The Morgan fingerprint density at radius 2 is 2.00 bits per heavy atom. The van der Waals surface area contributed by atoms with Gasteiger partial charge in [0.1, 0.15) is 0 Å². The highest BCUT2D eigenvalue weighted by molar-refractivity contribution is 7.89. The van der Waals surface area contributed by atoms with Crippen LogP contribution in [0, 0.1) is 5.82 Å². The number of pyridine rings is 1. The smallest absolute Gasteiger partial charge is 0.407 e. The summed E-state index contributed by atoms with van der Waals surface area (Å²) in [7, 11) is -3.96. The monoisotopic (exact) mass is 379 g/mol. The van der Waals surface area contributed by atoms with E-state index in [2.05, 4.69) is 4.98 Å². The fraction of sp³-hybridized carbons (Fsp3) is 0.412. The highest BCUT2D eigenvalue weighted by Crippen LogP contribution is 2.36. The fourth-order valence-corrected chi connectivity index (χ4v) is 6.11. The Morgan fingerprint density at radius 1 is 1.19 bits per heavy atom. The van der Waals surface area contributed by atoms with Crippen LogP contribution >= 0.6 is 0 Å². The molecular weight excluding hydrogens is 361 g/mol. The van der Waals surface area contributed by atoms with Gasteiger partial charge in [0, 0.05) is 36.1 Å². The van der Waals surface area contributed by atoms with E-state index in [4.69, 9.17) is 0 Å². The van der Waals surface area contributed by atoms with Crippen molar-refractivity contribution < 1.29 is 22.7 Å². The SMILES string of the molecule is O=C(O)N1CCCC2C1CCN2S(=O)(=O)c1cccc2cncc(F)c12. The molecule has 26 heavy (non-hydrogen) atoms. The number of sulfonamides is 1. The van der Waals surface area contributed by atoms with Gasteiger partial charge in [-0.25, -0.2) is 17.6 Å². The highest BCUT2D eigenvalue weighted by Gasteiger charge is 2.47. The van der Waals surface area contributed by atoms with E-state index in [0.29, 0.717) is 31.2 Å². The van der Waals surface area contributed by atoms with Crippen LogP contribution in [-0.2, 0) is 10.0 Å². The summed E-state index contributed by atoms with van der Waals surface area (Å²) in [5, 5.41) is 9.81. The van der Waals surface area contributed by atoms with Crippen LogP contribution in [0.15, 0.2) is 35.5 Å². The number of likely N-dealkylation sites (tertiary alicyclic amines) is 1. The number of benzene rings is 1. The van der Waals surface area contributed by atoms with Gasteiger partial charge in [0.2, 0.25) is 10.0 Å². The molecule has 0 bridgehead atoms. The molecule has 1 amide bonds. The van der Waals surface area contributed by atoms with Gasteiger partial charge in [-0.15, -0.1) is 0 Å². The lowest BCUT2D eigenvalue weighted by Crippen LogP contribution is -2.52. The Balaban J connectivity index is 1.78. The number of nitrogens with zero attached hydrogens (tertiary/aromatic N) is 3. The number of rotatable bonds is 2. The molecule has 1 aromatic carbocycles. The molecule has 2 fully saturated rings. The zero-order valence-corrected chi connectivity index (χ0v) is 14.7. The van der Waals surface area contributed by atoms with Crippen molar-refractivity contribution in [2.24, 2.45) is 0 Å². The second-order valence-corrected chi connectivity index (χ2v) is 8.49. The molecule has 9 heteroatoms. The minimum Gasteiger partial charge on any atom is -0.465 e. The Labute approximate surface area is 150 Å². The summed E-state index contributed by atoms with van der Waals surface area (Å²) >= 11 is 0. The molecule has 2 unspecified atom stereocenters. The standard InChI is InChI=1S/C17H18FN3O4S/c18-12-10-19-9-11-3-1-5-15(16(11)12)26(24,25)21-8-6-13-14(21)4-2-7-20(13)17(22)23/h1,3,5,9-10,13-14H,2,4,6-8H2,(H,22,23). The van der Waals surface area contributed by atoms with Crippen molar-refractivity contribution >= 4 is 26.9 Å². The second kappa shape index (κ2) is 6.17. The molecule has 0 radical (unpaired) electrons. The molecule has 2 aliphatic rings. The molecule has 138 valence electrons. The normalized spacial score (nSPS) is 24.0. The predicted octanol–water partition coefficient (Wildman–Crippen LogP) is 2.28. The van der Waals surface area contributed by atoms with Crippen molar-refractivity contribution in [3.05, 3.63) is 36.4 Å². The van der Waals surface area contributed by atoms with Gasteiger partial charge in [0.25, 0.3) is 0 Å². The van der Waals surface area contributed by atoms with Crippen molar-refractivity contribution in [3.8, 4) is 0 Å². The van der Waals surface area contributed by atoms with E-state index < -0.39 is 28.0 Å². The molecule has 2 saturated heterocycles. The van der Waals surface area contributed by atoms with Crippen LogP contribution in [-0.4, -0.2) is 59.0 Å². The van der Waals surface area contributed by atoms with Crippen molar-refractivity contribution in [2.75, 3.05) is 13.1 Å². The largest absolute Gasteiger partial charge is 0.465 e. The molecule has 1 N–H and O–H groups in total. The van der Waals surface area contributed by atoms with E-state index in [1.165, 1.54) is 21.5 Å². The van der Waals surface area contributed by atoms with Gasteiger partial charge in [0.15, 0.2) is 5.82 Å². The molecule has 0 saturated carbocycles. The van der Waals surface area contributed by atoms with Gasteiger partial charge in [-0.05, 0) is 25.3 Å². The molecule has 1 aromatic heterocycles. The van der Waals surface area contributed by atoms with Gasteiger partial charge >= 0.3 is 6.09 Å². The number of halogens is 1. The number of fused-ring (bicyclic) bond motifs is 2. The van der Waals surface area contributed by atoms with Crippen LogP contribution in [0.3, 0.4) is 0 Å². The van der Waals surface area contributed by atoms with Crippen LogP contribution in [0.25, 0.3) is 10.8 Å². The molecule has 2 aromatic rings. The van der Waals surface area contributed by atoms with E-state index >= 15 is 0 Å². The number of hydrogen-bond acceptors (Lipinski definition) is 4. The van der Waals surface area contributed by atoms with Gasteiger partial charge in [-0.3, -0.25) is 4.98 Å². The van der Waals surface area contributed by atoms with E-state index in [1.807, 2.05) is 0 Å². The lowest BCUT2D eigenvalue weighted by atomic mass is 9.98. The number of hydrogen-bond donors (Lipinski definition) is 1. The van der Waals surface area contributed by atoms with Crippen LogP contribution in [0.2, 0.25) is 0 Å². The second-order valence-electron chi connectivity index (χ2n) is 6.63. The van der Waals surface area contributed by atoms with E-state index in [-0.39, 0.29) is 22.9 Å². The first-order chi connectivity index (χ1) is 12.4. The topological polar surface area (TPSA) is 90.8 Å². The van der Waals surface area contributed by atoms with Crippen molar-refractivity contribution in [1.82, 2.24) is 14.2 Å². The number of amides is 1. The molecule has 2 aliphatic heterocycles. The summed E-state index contributed by atoms with van der Waals surface area (Å²) in [5.41, 5.74) is 0. The summed E-state index contributed by atoms with van der Waals surface area (Å²) in [4.78, 5) is 16.5. The Morgan fingerprint density at radius 3 is 2.77 bits per heavy atom. The maximum atomic E-state index is 14.3. The van der Waals surface area contributed by atoms with Gasteiger partial charge < -0.3 is 10.0 Å². The van der Waals surface area contributed by atoms with E-state index in [1.54, 1.807) is 12.1 Å². The molecule has 3 heterocycles. The van der Waals surface area contributed by atoms with Crippen molar-refractivity contribution in [3.63, 3.8) is 0 Å². The van der Waals surface area contributed by atoms with Gasteiger partial charge in [-0.1, -0.05) is 12.1 Å². The van der Waals surface area contributed by atoms with Crippen molar-refractivity contribution in [1.29, 1.82) is 0 Å². The molecular formula is C17H18FN3O4S. The van der Waals surface area contributed by atoms with Crippen LogP contribution in [0.1, 0.15) is 19.3 Å². The summed E-state index contributed by atoms with van der Waals surface area (Å²) in [6.07, 6.45) is 3.06. The first kappa shape index (κ1) is 17.2. The molecule has 0 spiro atoms. The average molecular weight is 379 g/mol. The molecule has 2 atom stereocenters. The van der Waals surface area contributed by atoms with Crippen molar-refractivity contribution in [2.45, 2.75) is 36.2 Å².